The molecule has 100 valence electrons. The highest BCUT2D eigenvalue weighted by Crippen LogP contribution is 2.18. The number of rotatable bonds is 6. The fourth-order valence-electron chi connectivity index (χ4n) is 1.86. The number of nitrogens with one attached hydrogen (secondary N) is 1. The van der Waals surface area contributed by atoms with Crippen molar-refractivity contribution in [3.05, 3.63) is 34.3 Å². The minimum atomic E-state index is -0.0703. The summed E-state index contributed by atoms with van der Waals surface area (Å²) in [6.07, 6.45) is 2.08. The van der Waals surface area contributed by atoms with Crippen LogP contribution in [-0.4, -0.2) is 17.8 Å². The Labute approximate surface area is 122 Å². The summed E-state index contributed by atoms with van der Waals surface area (Å²) in [6.45, 7) is 4.77. The van der Waals surface area contributed by atoms with E-state index in [4.69, 9.17) is 11.6 Å². The number of hydrogen-bond donors (Lipinski definition) is 1. The number of amides is 1. The van der Waals surface area contributed by atoms with E-state index in [-0.39, 0.29) is 11.3 Å². The van der Waals surface area contributed by atoms with Crippen LogP contribution >= 0.6 is 27.5 Å². The van der Waals surface area contributed by atoms with Crippen LogP contribution in [0, 0.1) is 5.92 Å². The topological polar surface area (TPSA) is 29.1 Å². The molecule has 18 heavy (non-hydrogen) atoms. The van der Waals surface area contributed by atoms with E-state index in [1.807, 2.05) is 12.1 Å². The van der Waals surface area contributed by atoms with Crippen molar-refractivity contribution in [2.75, 3.05) is 6.54 Å². The summed E-state index contributed by atoms with van der Waals surface area (Å²) in [5, 5.41) is 2.88. The molecule has 1 atom stereocenters. The van der Waals surface area contributed by atoms with Crippen LogP contribution < -0.4 is 5.32 Å². The SMILES string of the molecule is CCC(CC)C(Cl)CNC(=O)c1ccc(Br)cc1. The van der Waals surface area contributed by atoms with Crippen LogP contribution in [0.2, 0.25) is 0 Å². The van der Waals surface area contributed by atoms with Crippen molar-refractivity contribution in [2.24, 2.45) is 5.92 Å². The van der Waals surface area contributed by atoms with Gasteiger partial charge in [-0.15, -0.1) is 11.6 Å². The molecule has 4 heteroatoms. The van der Waals surface area contributed by atoms with E-state index >= 15 is 0 Å². The fraction of sp³-hybridized carbons (Fsp3) is 0.500. The van der Waals surface area contributed by atoms with E-state index in [0.717, 1.165) is 17.3 Å². The van der Waals surface area contributed by atoms with E-state index in [2.05, 4.69) is 35.1 Å². The molecule has 1 N–H and O–H groups in total. The standard InChI is InChI=1S/C14H19BrClNO/c1-3-10(4-2)13(16)9-17-14(18)11-5-7-12(15)8-6-11/h5-8,10,13H,3-4,9H2,1-2H3,(H,17,18). The average molecular weight is 333 g/mol. The second-order valence-electron chi connectivity index (χ2n) is 4.31. The molecular formula is C14H19BrClNO. The molecule has 1 amide bonds. The molecule has 0 bridgehead atoms. The van der Waals surface area contributed by atoms with Gasteiger partial charge in [-0.1, -0.05) is 42.6 Å². The quantitative estimate of drug-likeness (QED) is 0.776. The van der Waals surface area contributed by atoms with Gasteiger partial charge in [0.2, 0.25) is 0 Å². The molecule has 0 spiro atoms. The summed E-state index contributed by atoms with van der Waals surface area (Å²) < 4.78 is 0.964. The Balaban J connectivity index is 2.48. The second kappa shape index (κ2) is 7.80. The zero-order valence-corrected chi connectivity index (χ0v) is 13.1. The van der Waals surface area contributed by atoms with Crippen molar-refractivity contribution in [3.8, 4) is 0 Å². The zero-order valence-electron chi connectivity index (χ0n) is 10.7. The molecule has 0 aliphatic heterocycles. The molecule has 0 aromatic heterocycles. The third-order valence-corrected chi connectivity index (χ3v) is 4.16. The summed E-state index contributed by atoms with van der Waals surface area (Å²) in [6, 6.07) is 7.29. The van der Waals surface area contributed by atoms with E-state index in [9.17, 15) is 4.79 Å². The van der Waals surface area contributed by atoms with Crippen molar-refractivity contribution in [1.29, 1.82) is 0 Å². The molecule has 0 radical (unpaired) electrons. The number of hydrogen-bond acceptors (Lipinski definition) is 1. The van der Waals surface area contributed by atoms with E-state index in [1.165, 1.54) is 0 Å². The number of halogens is 2. The first-order chi connectivity index (χ1) is 8.58. The lowest BCUT2D eigenvalue weighted by Gasteiger charge is -2.19. The number of carbonyl (C=O) groups excluding carboxylic acids is 1. The monoisotopic (exact) mass is 331 g/mol. The van der Waals surface area contributed by atoms with Crippen molar-refractivity contribution >= 4 is 33.4 Å². The second-order valence-corrected chi connectivity index (χ2v) is 5.79. The molecule has 0 aliphatic rings. The lowest BCUT2D eigenvalue weighted by Crippen LogP contribution is -2.33. The summed E-state index contributed by atoms with van der Waals surface area (Å²) in [4.78, 5) is 11.9. The summed E-state index contributed by atoms with van der Waals surface area (Å²) in [5.74, 6) is 0.385. The van der Waals surface area contributed by atoms with Crippen molar-refractivity contribution < 1.29 is 4.79 Å². The van der Waals surface area contributed by atoms with Gasteiger partial charge in [-0.3, -0.25) is 4.79 Å². The highest BCUT2D eigenvalue weighted by atomic mass is 79.9. The van der Waals surface area contributed by atoms with Crippen LogP contribution in [0.25, 0.3) is 0 Å². The molecule has 1 aromatic rings. The van der Waals surface area contributed by atoms with Gasteiger partial charge in [-0.2, -0.15) is 0 Å². The van der Waals surface area contributed by atoms with Gasteiger partial charge in [-0.05, 0) is 30.2 Å². The number of benzene rings is 1. The smallest absolute Gasteiger partial charge is 0.251 e. The van der Waals surface area contributed by atoms with Gasteiger partial charge in [0.25, 0.3) is 5.91 Å². The highest BCUT2D eigenvalue weighted by molar-refractivity contribution is 9.10. The Kier molecular flexibility index (Phi) is 6.72. The Morgan fingerprint density at radius 3 is 2.33 bits per heavy atom. The van der Waals surface area contributed by atoms with Crippen LogP contribution in [-0.2, 0) is 0 Å². The van der Waals surface area contributed by atoms with Crippen LogP contribution in [0.15, 0.2) is 28.7 Å². The molecule has 0 aliphatic carbocycles. The predicted octanol–water partition coefficient (Wildman–Crippen LogP) is 4.22. The first-order valence-electron chi connectivity index (χ1n) is 6.26. The van der Waals surface area contributed by atoms with Gasteiger partial charge in [0.1, 0.15) is 0 Å². The maximum absolute atomic E-state index is 11.9. The van der Waals surface area contributed by atoms with Gasteiger partial charge < -0.3 is 5.32 Å². The average Bonchev–Trinajstić information content (AvgIpc) is 2.38. The van der Waals surface area contributed by atoms with Gasteiger partial charge in [-0.25, -0.2) is 0 Å². The van der Waals surface area contributed by atoms with E-state index in [1.54, 1.807) is 12.1 Å². The van der Waals surface area contributed by atoms with Crippen molar-refractivity contribution in [1.82, 2.24) is 5.32 Å². The molecule has 0 saturated carbocycles. The van der Waals surface area contributed by atoms with Gasteiger partial charge in [0, 0.05) is 16.6 Å². The third-order valence-electron chi connectivity index (χ3n) is 3.12. The van der Waals surface area contributed by atoms with E-state index in [0.29, 0.717) is 18.0 Å². The Bertz CT molecular complexity index is 376. The number of carbonyl (C=O) groups is 1. The maximum Gasteiger partial charge on any atom is 0.251 e. The first-order valence-corrected chi connectivity index (χ1v) is 7.49. The molecule has 1 aromatic carbocycles. The predicted molar refractivity (Wildman–Crippen MR) is 80.2 cm³/mol. The Morgan fingerprint density at radius 2 is 1.83 bits per heavy atom. The summed E-state index contributed by atoms with van der Waals surface area (Å²) in [5.41, 5.74) is 0.659. The molecule has 1 rings (SSSR count). The van der Waals surface area contributed by atoms with Gasteiger partial charge in [0.15, 0.2) is 0 Å². The Morgan fingerprint density at radius 1 is 1.28 bits per heavy atom. The lowest BCUT2D eigenvalue weighted by atomic mass is 9.99. The highest BCUT2D eigenvalue weighted by Gasteiger charge is 2.16. The summed E-state index contributed by atoms with van der Waals surface area (Å²) >= 11 is 9.62. The van der Waals surface area contributed by atoms with Gasteiger partial charge >= 0.3 is 0 Å². The van der Waals surface area contributed by atoms with Crippen molar-refractivity contribution in [3.63, 3.8) is 0 Å². The molecule has 1 unspecified atom stereocenters. The molecule has 2 nitrogen and oxygen atoms in total. The largest absolute Gasteiger partial charge is 0.351 e. The van der Waals surface area contributed by atoms with Gasteiger partial charge in [0.05, 0.1) is 5.38 Å². The molecule has 0 heterocycles. The first kappa shape index (κ1) is 15.5. The molecular weight excluding hydrogens is 314 g/mol. The Hall–Kier alpha value is -0.540. The van der Waals surface area contributed by atoms with Crippen LogP contribution in [0.3, 0.4) is 0 Å². The maximum atomic E-state index is 11.9. The minimum Gasteiger partial charge on any atom is -0.351 e. The third kappa shape index (κ3) is 4.62. The normalized spacial score (nSPS) is 12.5. The zero-order chi connectivity index (χ0) is 13.5. The van der Waals surface area contributed by atoms with Crippen LogP contribution in [0.5, 0.6) is 0 Å². The minimum absolute atomic E-state index is 0.000557. The summed E-state index contributed by atoms with van der Waals surface area (Å²) in [7, 11) is 0. The molecule has 0 fully saturated rings. The lowest BCUT2D eigenvalue weighted by molar-refractivity contribution is 0.0951. The van der Waals surface area contributed by atoms with E-state index < -0.39 is 0 Å². The van der Waals surface area contributed by atoms with Crippen LogP contribution in [0.4, 0.5) is 0 Å². The molecule has 0 saturated heterocycles. The fourth-order valence-corrected chi connectivity index (χ4v) is 2.56. The number of alkyl halides is 1. The van der Waals surface area contributed by atoms with Crippen molar-refractivity contribution in [2.45, 2.75) is 32.1 Å². The van der Waals surface area contributed by atoms with Crippen LogP contribution in [0.1, 0.15) is 37.0 Å².